The number of urea groups is 1. The van der Waals surface area contributed by atoms with Crippen molar-refractivity contribution < 1.29 is 4.79 Å². The van der Waals surface area contributed by atoms with Gasteiger partial charge in [-0.15, -0.1) is 11.3 Å². The summed E-state index contributed by atoms with van der Waals surface area (Å²) in [5.41, 5.74) is 1.59. The lowest BCUT2D eigenvalue weighted by Gasteiger charge is -2.15. The molecule has 0 saturated heterocycles. The first-order chi connectivity index (χ1) is 11.7. The van der Waals surface area contributed by atoms with Crippen molar-refractivity contribution in [1.29, 1.82) is 0 Å². The second-order valence-corrected chi connectivity index (χ2v) is 6.18. The van der Waals surface area contributed by atoms with Crippen LogP contribution in [0, 0.1) is 6.92 Å². The number of aryl methyl sites for hydroxylation is 1. The fourth-order valence-electron chi connectivity index (χ4n) is 2.24. The van der Waals surface area contributed by atoms with Crippen LogP contribution in [0.25, 0.3) is 11.4 Å². The number of amides is 2. The molecule has 0 bridgehead atoms. The van der Waals surface area contributed by atoms with Gasteiger partial charge in [0, 0.05) is 22.8 Å². The topological polar surface area (TPSA) is 95.6 Å². The Balaban J connectivity index is 1.62. The summed E-state index contributed by atoms with van der Waals surface area (Å²) in [6, 6.07) is 7.06. The highest BCUT2D eigenvalue weighted by molar-refractivity contribution is 7.09. The van der Waals surface area contributed by atoms with Crippen LogP contribution in [0.3, 0.4) is 0 Å². The quantitative estimate of drug-likeness (QED) is 0.661. The highest BCUT2D eigenvalue weighted by atomic mass is 32.1. The van der Waals surface area contributed by atoms with Gasteiger partial charge in [0.15, 0.2) is 5.82 Å². The summed E-state index contributed by atoms with van der Waals surface area (Å²) >= 11 is 1.53. The van der Waals surface area contributed by atoms with Crippen molar-refractivity contribution in [3.63, 3.8) is 0 Å². The number of thiazole rings is 1. The van der Waals surface area contributed by atoms with Crippen LogP contribution in [0.15, 0.2) is 35.8 Å². The van der Waals surface area contributed by atoms with Crippen molar-refractivity contribution in [2.45, 2.75) is 26.3 Å². The molecular weight excluding hydrogens is 324 g/mol. The molecule has 2 aromatic heterocycles. The smallest absolute Gasteiger partial charge is 0.319 e. The average molecular weight is 342 g/mol. The second kappa shape index (κ2) is 7.22. The molecule has 3 N–H and O–H groups in total. The lowest BCUT2D eigenvalue weighted by molar-refractivity contribution is 0.248. The number of hydrogen-bond acceptors (Lipinski definition) is 5. The van der Waals surface area contributed by atoms with Gasteiger partial charge in [0.05, 0.1) is 6.04 Å². The highest BCUT2D eigenvalue weighted by Crippen LogP contribution is 2.20. The van der Waals surface area contributed by atoms with E-state index in [0.29, 0.717) is 11.5 Å². The van der Waals surface area contributed by atoms with Crippen molar-refractivity contribution in [3.8, 4) is 11.4 Å². The van der Waals surface area contributed by atoms with E-state index in [1.54, 1.807) is 6.20 Å². The molecule has 7 nitrogen and oxygen atoms in total. The molecule has 1 aromatic carbocycles. The number of benzene rings is 1. The van der Waals surface area contributed by atoms with E-state index in [4.69, 9.17) is 0 Å². The third-order valence-corrected chi connectivity index (χ3v) is 4.35. The van der Waals surface area contributed by atoms with Crippen molar-refractivity contribution >= 4 is 23.1 Å². The summed E-state index contributed by atoms with van der Waals surface area (Å²) in [7, 11) is 0. The van der Waals surface area contributed by atoms with Gasteiger partial charge < -0.3 is 10.6 Å². The maximum Gasteiger partial charge on any atom is 0.319 e. The van der Waals surface area contributed by atoms with Gasteiger partial charge in [-0.05, 0) is 37.6 Å². The van der Waals surface area contributed by atoms with E-state index in [1.165, 1.54) is 11.3 Å². The molecule has 124 valence electrons. The van der Waals surface area contributed by atoms with Gasteiger partial charge in [0.25, 0.3) is 0 Å². The Morgan fingerprint density at radius 3 is 2.71 bits per heavy atom. The Kier molecular flexibility index (Phi) is 4.85. The molecule has 2 amide bonds. The van der Waals surface area contributed by atoms with Crippen molar-refractivity contribution in [3.05, 3.63) is 46.7 Å². The van der Waals surface area contributed by atoms with Crippen LogP contribution < -0.4 is 10.6 Å². The first-order valence-corrected chi connectivity index (χ1v) is 8.50. The lowest BCUT2D eigenvalue weighted by Crippen LogP contribution is -2.32. The molecule has 8 heteroatoms. The monoisotopic (exact) mass is 342 g/mol. The van der Waals surface area contributed by atoms with Crippen LogP contribution in [0.1, 0.15) is 30.2 Å². The molecule has 2 heterocycles. The normalized spacial score (nSPS) is 11.9. The molecule has 3 aromatic rings. The number of hydrogen-bond donors (Lipinski definition) is 3. The van der Waals surface area contributed by atoms with Crippen LogP contribution in [0.5, 0.6) is 0 Å². The fraction of sp³-hybridized carbons (Fsp3) is 0.250. The van der Waals surface area contributed by atoms with E-state index >= 15 is 0 Å². The SMILES string of the molecule is CCC(NC(=O)Nc1ccc(-c2n[nH]c(C)n2)cc1)c1nccs1. The molecule has 0 aliphatic rings. The van der Waals surface area contributed by atoms with Crippen LogP contribution in [0.2, 0.25) is 0 Å². The minimum atomic E-state index is -0.251. The van der Waals surface area contributed by atoms with E-state index in [-0.39, 0.29) is 12.1 Å². The van der Waals surface area contributed by atoms with Crippen LogP contribution >= 0.6 is 11.3 Å². The molecule has 0 fully saturated rings. The van der Waals surface area contributed by atoms with Gasteiger partial charge in [0.1, 0.15) is 10.8 Å². The van der Waals surface area contributed by atoms with Gasteiger partial charge in [-0.25, -0.2) is 14.8 Å². The standard InChI is InChI=1S/C16H18N6OS/c1-3-13(15-17-8-9-24-15)20-16(23)19-12-6-4-11(5-7-12)14-18-10(2)21-22-14/h4-9,13H,3H2,1-2H3,(H,18,21,22)(H2,19,20,23). The Bertz CT molecular complexity index is 796. The highest BCUT2D eigenvalue weighted by Gasteiger charge is 2.15. The Morgan fingerprint density at radius 2 is 2.12 bits per heavy atom. The average Bonchev–Trinajstić information content (AvgIpc) is 3.25. The summed E-state index contributed by atoms with van der Waals surface area (Å²) in [5.74, 6) is 1.40. The Morgan fingerprint density at radius 1 is 1.33 bits per heavy atom. The zero-order chi connectivity index (χ0) is 16.9. The third kappa shape index (κ3) is 3.77. The maximum atomic E-state index is 12.2. The largest absolute Gasteiger partial charge is 0.329 e. The predicted octanol–water partition coefficient (Wildman–Crippen LogP) is 3.51. The number of aromatic nitrogens is 4. The number of nitrogens with one attached hydrogen (secondary N) is 3. The van der Waals surface area contributed by atoms with E-state index in [0.717, 1.165) is 22.8 Å². The van der Waals surface area contributed by atoms with Crippen molar-refractivity contribution in [2.75, 3.05) is 5.32 Å². The summed E-state index contributed by atoms with van der Waals surface area (Å²) in [4.78, 5) is 20.7. The first kappa shape index (κ1) is 16.1. The number of aromatic amines is 1. The summed E-state index contributed by atoms with van der Waals surface area (Å²) < 4.78 is 0. The minimum Gasteiger partial charge on any atom is -0.329 e. The predicted molar refractivity (Wildman–Crippen MR) is 93.9 cm³/mol. The zero-order valence-electron chi connectivity index (χ0n) is 13.4. The minimum absolute atomic E-state index is 0.0829. The molecule has 3 rings (SSSR count). The van der Waals surface area contributed by atoms with E-state index in [9.17, 15) is 4.79 Å². The van der Waals surface area contributed by atoms with Crippen molar-refractivity contribution in [1.82, 2.24) is 25.5 Å². The van der Waals surface area contributed by atoms with Gasteiger partial charge in [-0.1, -0.05) is 6.92 Å². The van der Waals surface area contributed by atoms with Crippen molar-refractivity contribution in [2.24, 2.45) is 0 Å². The van der Waals surface area contributed by atoms with Gasteiger partial charge in [-0.3, -0.25) is 5.10 Å². The van der Waals surface area contributed by atoms with E-state index in [2.05, 4.69) is 30.8 Å². The van der Waals surface area contributed by atoms with Gasteiger partial charge >= 0.3 is 6.03 Å². The summed E-state index contributed by atoms with van der Waals surface area (Å²) in [5, 5.41) is 15.5. The Labute approximate surface area is 143 Å². The molecule has 24 heavy (non-hydrogen) atoms. The molecular formula is C16H18N6OS. The molecule has 0 aliphatic carbocycles. The molecule has 0 spiro atoms. The first-order valence-electron chi connectivity index (χ1n) is 7.62. The molecule has 1 atom stereocenters. The number of rotatable bonds is 5. The number of H-pyrrole nitrogens is 1. The number of nitrogens with zero attached hydrogens (tertiary/aromatic N) is 3. The third-order valence-electron chi connectivity index (χ3n) is 3.46. The van der Waals surface area contributed by atoms with Gasteiger partial charge in [-0.2, -0.15) is 5.10 Å². The van der Waals surface area contributed by atoms with E-state index in [1.807, 2.05) is 43.5 Å². The lowest BCUT2D eigenvalue weighted by atomic mass is 10.2. The van der Waals surface area contributed by atoms with Gasteiger partial charge in [0.2, 0.25) is 0 Å². The molecule has 0 aliphatic heterocycles. The maximum absolute atomic E-state index is 12.2. The molecule has 1 unspecified atom stereocenters. The number of carbonyl (C=O) groups excluding carboxylic acids is 1. The van der Waals surface area contributed by atoms with Crippen LogP contribution in [-0.2, 0) is 0 Å². The van der Waals surface area contributed by atoms with Crippen LogP contribution in [0.4, 0.5) is 10.5 Å². The summed E-state index contributed by atoms with van der Waals surface area (Å²) in [6.45, 7) is 3.86. The van der Waals surface area contributed by atoms with E-state index < -0.39 is 0 Å². The van der Waals surface area contributed by atoms with Crippen LogP contribution in [-0.4, -0.2) is 26.2 Å². The fourth-order valence-corrected chi connectivity index (χ4v) is 3.02. The number of carbonyl (C=O) groups is 1. The summed E-state index contributed by atoms with van der Waals surface area (Å²) in [6.07, 6.45) is 2.52. The zero-order valence-corrected chi connectivity index (χ0v) is 14.2. The Hall–Kier alpha value is -2.74. The number of anilines is 1. The molecule has 0 radical (unpaired) electrons. The molecule has 0 saturated carbocycles. The second-order valence-electron chi connectivity index (χ2n) is 5.25.